The van der Waals surface area contributed by atoms with Gasteiger partial charge in [-0.2, -0.15) is 0 Å². The largest absolute Gasteiger partial charge is 0.497 e. The van der Waals surface area contributed by atoms with Gasteiger partial charge in [0.25, 0.3) is 0 Å². The lowest BCUT2D eigenvalue weighted by molar-refractivity contribution is 0.213. The summed E-state index contributed by atoms with van der Waals surface area (Å²) in [6.45, 7) is 0. The molecular weight excluding hydrogens is 164 g/mol. The van der Waals surface area contributed by atoms with Crippen LogP contribution in [-0.4, -0.2) is 14.2 Å². The molecule has 2 rings (SSSR count). The van der Waals surface area contributed by atoms with E-state index in [0.29, 0.717) is 0 Å². The van der Waals surface area contributed by atoms with E-state index in [2.05, 4.69) is 12.2 Å². The van der Waals surface area contributed by atoms with E-state index in [1.165, 1.54) is 11.1 Å². The first-order valence-electron chi connectivity index (χ1n) is 4.57. The van der Waals surface area contributed by atoms with Crippen LogP contribution in [0.25, 0.3) is 0 Å². The average Bonchev–Trinajstić information content (AvgIpc) is 2.63. The molecule has 0 spiro atoms. The third kappa shape index (κ3) is 1.26. The van der Waals surface area contributed by atoms with Crippen LogP contribution in [0, 0.1) is 0 Å². The van der Waals surface area contributed by atoms with E-state index in [1.54, 1.807) is 14.2 Å². The van der Waals surface area contributed by atoms with Gasteiger partial charge in [0.2, 0.25) is 0 Å². The maximum absolute atomic E-state index is 5.37. The van der Waals surface area contributed by atoms with Crippen molar-refractivity contribution in [1.29, 1.82) is 0 Å². The van der Waals surface area contributed by atoms with Gasteiger partial charge in [-0.1, -0.05) is 12.2 Å². The van der Waals surface area contributed by atoms with Gasteiger partial charge in [-0.25, -0.2) is 0 Å². The zero-order valence-corrected chi connectivity index (χ0v) is 8.09. The summed E-state index contributed by atoms with van der Waals surface area (Å²) in [6.07, 6.45) is 7.42. The van der Waals surface area contributed by atoms with Crippen LogP contribution in [0.2, 0.25) is 0 Å². The first kappa shape index (κ1) is 8.42. The molecule has 2 aliphatic carbocycles. The lowest BCUT2D eigenvalue weighted by atomic mass is 9.97. The Labute approximate surface area is 78.5 Å². The first-order valence-corrected chi connectivity index (χ1v) is 4.57. The number of methoxy groups -OCH3 is 2. The molecule has 2 heteroatoms. The lowest BCUT2D eigenvalue weighted by Gasteiger charge is -2.20. The predicted molar refractivity (Wildman–Crippen MR) is 51.1 cm³/mol. The van der Waals surface area contributed by atoms with Crippen LogP contribution in [0.4, 0.5) is 0 Å². The van der Waals surface area contributed by atoms with Crippen molar-refractivity contribution < 1.29 is 9.47 Å². The van der Waals surface area contributed by atoms with Crippen molar-refractivity contribution in [1.82, 2.24) is 0 Å². The minimum Gasteiger partial charge on any atom is -0.497 e. The van der Waals surface area contributed by atoms with Crippen molar-refractivity contribution in [2.75, 3.05) is 14.2 Å². The molecule has 70 valence electrons. The van der Waals surface area contributed by atoms with Crippen LogP contribution in [-0.2, 0) is 9.47 Å². The van der Waals surface area contributed by atoms with Crippen molar-refractivity contribution in [2.45, 2.75) is 19.3 Å². The topological polar surface area (TPSA) is 18.5 Å². The standard InChI is InChI=1S/C11H14O2/c1-12-10-7-6-8-4-3-5-9(8)11(10)13-2/h3-4H,5-7H2,1-2H3. The monoisotopic (exact) mass is 178 g/mol. The molecule has 0 saturated carbocycles. The molecule has 0 radical (unpaired) electrons. The van der Waals surface area contributed by atoms with Gasteiger partial charge in [0.15, 0.2) is 5.76 Å². The second-order valence-electron chi connectivity index (χ2n) is 3.27. The van der Waals surface area contributed by atoms with Gasteiger partial charge in [0.05, 0.1) is 14.2 Å². The third-order valence-electron chi connectivity index (χ3n) is 2.63. The van der Waals surface area contributed by atoms with Gasteiger partial charge < -0.3 is 9.47 Å². The quantitative estimate of drug-likeness (QED) is 0.647. The van der Waals surface area contributed by atoms with E-state index in [4.69, 9.17) is 9.47 Å². The Morgan fingerprint density at radius 3 is 2.69 bits per heavy atom. The molecule has 13 heavy (non-hydrogen) atoms. The van der Waals surface area contributed by atoms with Gasteiger partial charge in [-0.05, 0) is 18.4 Å². The Morgan fingerprint density at radius 2 is 2.00 bits per heavy atom. The van der Waals surface area contributed by atoms with E-state index in [-0.39, 0.29) is 0 Å². The maximum Gasteiger partial charge on any atom is 0.160 e. The summed E-state index contributed by atoms with van der Waals surface area (Å²) in [7, 11) is 3.42. The Kier molecular flexibility index (Phi) is 2.13. The minimum absolute atomic E-state index is 0.953. The molecule has 0 aromatic carbocycles. The number of allylic oxidation sites excluding steroid dienone is 5. The molecule has 0 unspecified atom stereocenters. The zero-order chi connectivity index (χ0) is 9.26. The van der Waals surface area contributed by atoms with Crippen LogP contribution >= 0.6 is 0 Å². The SMILES string of the molecule is COC1=C(OC)C2=C(C=CC2)CC1. The van der Waals surface area contributed by atoms with Crippen molar-refractivity contribution in [3.05, 3.63) is 34.8 Å². The van der Waals surface area contributed by atoms with Crippen molar-refractivity contribution in [3.63, 3.8) is 0 Å². The van der Waals surface area contributed by atoms with Gasteiger partial charge in [-0.15, -0.1) is 0 Å². The predicted octanol–water partition coefficient (Wildman–Crippen LogP) is 2.54. The number of hydrogen-bond donors (Lipinski definition) is 0. The molecule has 0 aromatic heterocycles. The van der Waals surface area contributed by atoms with Crippen molar-refractivity contribution >= 4 is 0 Å². The van der Waals surface area contributed by atoms with Crippen LogP contribution < -0.4 is 0 Å². The molecule has 0 amide bonds. The summed E-state index contributed by atoms with van der Waals surface area (Å²) >= 11 is 0. The second-order valence-corrected chi connectivity index (χ2v) is 3.27. The normalized spacial score (nSPS) is 20.8. The molecule has 0 aromatic rings. The fourth-order valence-corrected chi connectivity index (χ4v) is 1.99. The Hall–Kier alpha value is -1.18. The lowest BCUT2D eigenvalue weighted by Crippen LogP contribution is -2.06. The molecule has 0 aliphatic heterocycles. The number of hydrogen-bond acceptors (Lipinski definition) is 2. The third-order valence-corrected chi connectivity index (χ3v) is 2.63. The summed E-state index contributed by atoms with van der Waals surface area (Å²) in [5.41, 5.74) is 2.73. The molecule has 0 atom stereocenters. The molecule has 0 heterocycles. The van der Waals surface area contributed by atoms with E-state index >= 15 is 0 Å². The minimum atomic E-state index is 0.953. The molecule has 0 bridgehead atoms. The highest BCUT2D eigenvalue weighted by molar-refractivity contribution is 5.47. The van der Waals surface area contributed by atoms with Crippen LogP contribution in [0.1, 0.15) is 19.3 Å². The Morgan fingerprint density at radius 1 is 1.15 bits per heavy atom. The smallest absolute Gasteiger partial charge is 0.160 e. The highest BCUT2D eigenvalue weighted by Gasteiger charge is 2.23. The summed E-state index contributed by atoms with van der Waals surface area (Å²) in [5, 5.41) is 0. The molecule has 2 aliphatic rings. The molecule has 0 saturated heterocycles. The summed E-state index contributed by atoms with van der Waals surface area (Å²) in [5.74, 6) is 1.94. The van der Waals surface area contributed by atoms with Crippen LogP contribution in [0.3, 0.4) is 0 Å². The summed E-state index contributed by atoms with van der Waals surface area (Å²) in [4.78, 5) is 0. The van der Waals surface area contributed by atoms with E-state index in [0.717, 1.165) is 30.8 Å². The average molecular weight is 178 g/mol. The number of ether oxygens (including phenoxy) is 2. The van der Waals surface area contributed by atoms with E-state index in [9.17, 15) is 0 Å². The van der Waals surface area contributed by atoms with Gasteiger partial charge in [0, 0.05) is 12.0 Å². The fraction of sp³-hybridized carbons (Fsp3) is 0.455. The van der Waals surface area contributed by atoms with E-state index in [1.807, 2.05) is 0 Å². The zero-order valence-electron chi connectivity index (χ0n) is 8.09. The van der Waals surface area contributed by atoms with Crippen molar-refractivity contribution in [2.24, 2.45) is 0 Å². The molecule has 0 N–H and O–H groups in total. The highest BCUT2D eigenvalue weighted by atomic mass is 16.5. The maximum atomic E-state index is 5.37. The Bertz CT molecular complexity index is 308. The second kappa shape index (κ2) is 3.29. The fourth-order valence-electron chi connectivity index (χ4n) is 1.99. The molecular formula is C11H14O2. The van der Waals surface area contributed by atoms with Crippen molar-refractivity contribution in [3.8, 4) is 0 Å². The number of rotatable bonds is 2. The summed E-state index contributed by atoms with van der Waals surface area (Å²) in [6, 6.07) is 0. The van der Waals surface area contributed by atoms with Crippen LogP contribution in [0.5, 0.6) is 0 Å². The Balaban J connectivity index is 2.37. The van der Waals surface area contributed by atoms with Gasteiger partial charge in [0.1, 0.15) is 5.76 Å². The summed E-state index contributed by atoms with van der Waals surface area (Å²) < 4.78 is 10.7. The highest BCUT2D eigenvalue weighted by Crippen LogP contribution is 2.36. The van der Waals surface area contributed by atoms with Crippen LogP contribution in [0.15, 0.2) is 34.8 Å². The van der Waals surface area contributed by atoms with E-state index < -0.39 is 0 Å². The van der Waals surface area contributed by atoms with Gasteiger partial charge >= 0.3 is 0 Å². The van der Waals surface area contributed by atoms with Gasteiger partial charge in [-0.3, -0.25) is 0 Å². The molecule has 0 fully saturated rings. The molecule has 2 nitrogen and oxygen atoms in total. The first-order chi connectivity index (χ1) is 6.36.